The molecule has 27 heavy (non-hydrogen) atoms. The van der Waals surface area contributed by atoms with Crippen molar-refractivity contribution >= 4 is 5.96 Å². The summed E-state index contributed by atoms with van der Waals surface area (Å²) in [4.78, 5) is 9.52. The highest BCUT2D eigenvalue weighted by Gasteiger charge is 2.24. The Bertz CT molecular complexity index is 417. The number of rotatable bonds is 9. The minimum Gasteiger partial charge on any atom is -0.379 e. The molecule has 6 nitrogen and oxygen atoms in total. The largest absolute Gasteiger partial charge is 0.379 e. The van der Waals surface area contributed by atoms with E-state index >= 15 is 0 Å². The molecule has 0 aromatic rings. The van der Waals surface area contributed by atoms with E-state index in [2.05, 4.69) is 46.3 Å². The molecule has 1 atom stereocenters. The number of nitrogens with one attached hydrogen (secondary N) is 2. The van der Waals surface area contributed by atoms with E-state index in [1.54, 1.807) is 0 Å². The summed E-state index contributed by atoms with van der Waals surface area (Å²) < 4.78 is 5.50. The molecular weight excluding hydrogens is 338 g/mol. The standard InChI is InChI=1S/C21H43N5O/c1-18(2)20(26-13-15-27-16-14-26)17-24-21(22-3)23-11-8-12-25(4)19-9-6-5-7-10-19/h18-20H,5-17H2,1-4H3,(H2,22,23,24). The minimum atomic E-state index is 0.518. The summed E-state index contributed by atoms with van der Waals surface area (Å²) >= 11 is 0. The summed E-state index contributed by atoms with van der Waals surface area (Å²) in [5.41, 5.74) is 0. The second kappa shape index (κ2) is 12.6. The average Bonchev–Trinajstić information content (AvgIpc) is 2.70. The lowest BCUT2D eigenvalue weighted by atomic mass is 9.94. The highest BCUT2D eigenvalue weighted by Crippen LogP contribution is 2.21. The molecule has 0 aromatic carbocycles. The van der Waals surface area contributed by atoms with Crippen LogP contribution in [0.5, 0.6) is 0 Å². The molecule has 0 amide bonds. The number of ether oxygens (including phenoxy) is 1. The summed E-state index contributed by atoms with van der Waals surface area (Å²) in [5.74, 6) is 1.53. The van der Waals surface area contributed by atoms with Crippen LogP contribution < -0.4 is 10.6 Å². The Morgan fingerprint density at radius 3 is 2.48 bits per heavy atom. The van der Waals surface area contributed by atoms with Gasteiger partial charge in [-0.05, 0) is 38.8 Å². The summed E-state index contributed by atoms with van der Waals surface area (Å²) in [6.45, 7) is 11.4. The van der Waals surface area contributed by atoms with Crippen LogP contribution in [-0.4, -0.2) is 87.9 Å². The first-order valence-electron chi connectivity index (χ1n) is 11.1. The van der Waals surface area contributed by atoms with Crippen molar-refractivity contribution < 1.29 is 4.74 Å². The quantitative estimate of drug-likeness (QED) is 0.364. The van der Waals surface area contributed by atoms with Crippen molar-refractivity contribution in [2.45, 2.75) is 64.5 Å². The Hall–Kier alpha value is -0.850. The molecule has 1 saturated carbocycles. The van der Waals surface area contributed by atoms with Crippen molar-refractivity contribution in [2.75, 3.05) is 60.0 Å². The zero-order valence-corrected chi connectivity index (χ0v) is 18.2. The van der Waals surface area contributed by atoms with Crippen molar-refractivity contribution in [3.8, 4) is 0 Å². The van der Waals surface area contributed by atoms with Crippen LogP contribution in [0.4, 0.5) is 0 Å². The van der Waals surface area contributed by atoms with E-state index in [-0.39, 0.29) is 0 Å². The van der Waals surface area contributed by atoms with Gasteiger partial charge in [-0.15, -0.1) is 0 Å². The molecule has 2 rings (SSSR count). The molecular formula is C21H43N5O. The fraction of sp³-hybridized carbons (Fsp3) is 0.952. The van der Waals surface area contributed by atoms with E-state index in [0.717, 1.165) is 64.4 Å². The summed E-state index contributed by atoms with van der Waals surface area (Å²) in [7, 11) is 4.15. The van der Waals surface area contributed by atoms with Gasteiger partial charge in [0.25, 0.3) is 0 Å². The van der Waals surface area contributed by atoms with Gasteiger partial charge in [0.05, 0.1) is 13.2 Å². The van der Waals surface area contributed by atoms with Crippen LogP contribution >= 0.6 is 0 Å². The maximum absolute atomic E-state index is 5.50. The third-order valence-corrected chi connectivity index (χ3v) is 6.16. The predicted octanol–water partition coefficient (Wildman–Crippen LogP) is 2.16. The zero-order chi connectivity index (χ0) is 19.5. The first kappa shape index (κ1) is 22.4. The Morgan fingerprint density at radius 1 is 1.15 bits per heavy atom. The van der Waals surface area contributed by atoms with Gasteiger partial charge in [0, 0.05) is 45.3 Å². The molecule has 1 saturated heterocycles. The summed E-state index contributed by atoms with van der Waals surface area (Å²) in [5, 5.41) is 7.04. The van der Waals surface area contributed by atoms with Crippen molar-refractivity contribution in [1.82, 2.24) is 20.4 Å². The Kier molecular flexibility index (Phi) is 10.5. The van der Waals surface area contributed by atoms with Crippen LogP contribution in [0.1, 0.15) is 52.4 Å². The lowest BCUT2D eigenvalue weighted by molar-refractivity contribution is 0.00752. The van der Waals surface area contributed by atoms with Crippen molar-refractivity contribution in [1.29, 1.82) is 0 Å². The Morgan fingerprint density at radius 2 is 1.85 bits per heavy atom. The van der Waals surface area contributed by atoms with Crippen LogP contribution in [0.15, 0.2) is 4.99 Å². The second-order valence-corrected chi connectivity index (χ2v) is 8.47. The molecule has 0 spiro atoms. The maximum Gasteiger partial charge on any atom is 0.191 e. The number of hydrogen-bond donors (Lipinski definition) is 2. The van der Waals surface area contributed by atoms with Gasteiger partial charge in [-0.1, -0.05) is 33.1 Å². The van der Waals surface area contributed by atoms with Crippen molar-refractivity contribution in [3.63, 3.8) is 0 Å². The van der Waals surface area contributed by atoms with E-state index in [4.69, 9.17) is 4.74 Å². The lowest BCUT2D eigenvalue weighted by Gasteiger charge is -2.37. The lowest BCUT2D eigenvalue weighted by Crippen LogP contribution is -2.52. The summed E-state index contributed by atoms with van der Waals surface area (Å²) in [6, 6.07) is 1.32. The van der Waals surface area contributed by atoms with Crippen LogP contribution in [0.2, 0.25) is 0 Å². The molecule has 2 N–H and O–H groups in total. The van der Waals surface area contributed by atoms with Gasteiger partial charge in [0.15, 0.2) is 5.96 Å². The van der Waals surface area contributed by atoms with Crippen LogP contribution in [0.3, 0.4) is 0 Å². The van der Waals surface area contributed by atoms with Gasteiger partial charge in [0.1, 0.15) is 0 Å². The molecule has 158 valence electrons. The number of nitrogens with zero attached hydrogens (tertiary/aromatic N) is 3. The van der Waals surface area contributed by atoms with E-state index in [0.29, 0.717) is 12.0 Å². The summed E-state index contributed by atoms with van der Waals surface area (Å²) in [6.07, 6.45) is 8.16. The molecule has 1 aliphatic heterocycles. The van der Waals surface area contributed by atoms with Gasteiger partial charge in [0.2, 0.25) is 0 Å². The fourth-order valence-corrected chi connectivity index (χ4v) is 4.36. The maximum atomic E-state index is 5.50. The molecule has 6 heteroatoms. The van der Waals surface area contributed by atoms with Gasteiger partial charge in [-0.25, -0.2) is 0 Å². The third kappa shape index (κ3) is 7.96. The second-order valence-electron chi connectivity index (χ2n) is 8.47. The monoisotopic (exact) mass is 381 g/mol. The van der Waals surface area contributed by atoms with E-state index in [1.807, 2.05) is 7.05 Å². The fourth-order valence-electron chi connectivity index (χ4n) is 4.36. The normalized spacial score (nSPS) is 21.6. The molecule has 1 unspecified atom stereocenters. The highest BCUT2D eigenvalue weighted by molar-refractivity contribution is 5.79. The van der Waals surface area contributed by atoms with E-state index < -0.39 is 0 Å². The zero-order valence-electron chi connectivity index (χ0n) is 18.2. The van der Waals surface area contributed by atoms with Crippen LogP contribution in [0.25, 0.3) is 0 Å². The molecule has 0 bridgehead atoms. The Labute approximate surface area is 167 Å². The predicted molar refractivity (Wildman–Crippen MR) is 115 cm³/mol. The molecule has 2 aliphatic rings. The molecule has 0 radical (unpaired) electrons. The number of aliphatic imine (C=N–C) groups is 1. The smallest absolute Gasteiger partial charge is 0.191 e. The number of morpholine rings is 1. The van der Waals surface area contributed by atoms with E-state index in [1.165, 1.54) is 32.1 Å². The topological polar surface area (TPSA) is 52.1 Å². The Balaban J connectivity index is 1.65. The molecule has 0 aromatic heterocycles. The van der Waals surface area contributed by atoms with Crippen LogP contribution in [-0.2, 0) is 4.74 Å². The van der Waals surface area contributed by atoms with Gasteiger partial charge < -0.3 is 20.3 Å². The van der Waals surface area contributed by atoms with Crippen molar-refractivity contribution in [3.05, 3.63) is 0 Å². The number of guanidine groups is 1. The molecule has 1 heterocycles. The average molecular weight is 382 g/mol. The first-order valence-corrected chi connectivity index (χ1v) is 11.1. The SMILES string of the molecule is CN=C(NCCCN(C)C1CCCCC1)NCC(C(C)C)N1CCOCC1. The molecule has 1 aliphatic carbocycles. The first-order chi connectivity index (χ1) is 13.1. The third-order valence-electron chi connectivity index (χ3n) is 6.16. The molecule has 2 fully saturated rings. The van der Waals surface area contributed by atoms with Gasteiger partial charge in [-0.2, -0.15) is 0 Å². The number of hydrogen-bond acceptors (Lipinski definition) is 4. The minimum absolute atomic E-state index is 0.518. The highest BCUT2D eigenvalue weighted by atomic mass is 16.5. The van der Waals surface area contributed by atoms with Crippen LogP contribution in [0, 0.1) is 5.92 Å². The van der Waals surface area contributed by atoms with E-state index in [9.17, 15) is 0 Å². The van der Waals surface area contributed by atoms with Crippen molar-refractivity contribution in [2.24, 2.45) is 10.9 Å². The van der Waals surface area contributed by atoms with Gasteiger partial charge >= 0.3 is 0 Å². The van der Waals surface area contributed by atoms with Gasteiger partial charge in [-0.3, -0.25) is 9.89 Å².